The molecule has 5 aliphatic rings. The number of amides is 4. The monoisotopic (exact) mass is 851 g/mol. The molecule has 1 aromatic carbocycles. The highest BCUT2D eigenvalue weighted by Gasteiger charge is 2.64. The minimum atomic E-state index is -4.00. The smallest absolute Gasteiger partial charge is 0.407 e. The van der Waals surface area contributed by atoms with Gasteiger partial charge in [0.25, 0.3) is 5.91 Å². The molecule has 3 aliphatic heterocycles. The van der Waals surface area contributed by atoms with Gasteiger partial charge in [0, 0.05) is 43.4 Å². The number of methoxy groups -OCH3 is 1. The van der Waals surface area contributed by atoms with Gasteiger partial charge in [0.1, 0.15) is 34.7 Å². The van der Waals surface area contributed by atoms with Crippen LogP contribution in [0.15, 0.2) is 30.4 Å². The van der Waals surface area contributed by atoms with Gasteiger partial charge in [0.05, 0.1) is 35.7 Å². The van der Waals surface area contributed by atoms with Crippen molar-refractivity contribution in [3.8, 4) is 11.5 Å². The molecule has 1 saturated heterocycles. The van der Waals surface area contributed by atoms with Crippen molar-refractivity contribution in [1.29, 1.82) is 0 Å². The number of rotatable bonds is 10. The molecule has 4 heterocycles. The summed E-state index contributed by atoms with van der Waals surface area (Å²) in [5.74, 6) is -0.986. The number of carbonyl (C=O) groups excluding carboxylic acids is 4. The highest BCUT2D eigenvalue weighted by Crippen LogP contribution is 2.49. The van der Waals surface area contributed by atoms with Gasteiger partial charge >= 0.3 is 6.09 Å². The Labute approximate surface area is 353 Å². The molecule has 2 aromatic rings. The number of ether oxygens (including phenoxy) is 4. The lowest BCUT2D eigenvalue weighted by atomic mass is 9.87. The Kier molecular flexibility index (Phi) is 12.2. The third kappa shape index (κ3) is 9.24. The first-order valence-corrected chi connectivity index (χ1v) is 22.9. The van der Waals surface area contributed by atoms with E-state index in [1.165, 1.54) is 4.90 Å². The topological polar surface area (TPSA) is 192 Å². The third-order valence-electron chi connectivity index (χ3n) is 12.6. The van der Waals surface area contributed by atoms with Crippen LogP contribution in [0.3, 0.4) is 0 Å². The zero-order valence-corrected chi connectivity index (χ0v) is 36.6. The van der Waals surface area contributed by atoms with E-state index in [4.69, 9.17) is 23.9 Å². The van der Waals surface area contributed by atoms with Gasteiger partial charge in [-0.2, -0.15) is 0 Å². The number of aromatic nitrogens is 1. The van der Waals surface area contributed by atoms with E-state index in [2.05, 4.69) is 15.4 Å². The van der Waals surface area contributed by atoms with E-state index < -0.39 is 67.7 Å². The molecule has 15 nitrogen and oxygen atoms in total. The largest absolute Gasteiger partial charge is 0.493 e. The highest BCUT2D eigenvalue weighted by atomic mass is 32.2. The third-order valence-corrected chi connectivity index (χ3v) is 14.8. The lowest BCUT2D eigenvalue weighted by Gasteiger charge is -2.36. The molecule has 0 bridgehead atoms. The highest BCUT2D eigenvalue weighted by molar-refractivity contribution is 7.91. The van der Waals surface area contributed by atoms with Crippen molar-refractivity contribution in [2.75, 3.05) is 33.5 Å². The standard InChI is InChI=1S/C44H61N5O10S/c1-28-36-31(32-23-30(15-16-33(32)45-28)57-22-12-21-56-6)17-18-43(59-36)25-35-37(50)47-44(39(52)48-60(54,55)42(5)19-20-42)24-29(44)13-10-8-7-9-11-14-34(38(51)49(35)26-43)46-40(53)58-27-41(2,3)4/h10,13,15-16,23,29,34-35H,7-9,11-12,14,17-22,24-27H2,1-6H3,(H,46,53)(H,47,50)(H,48,52)/b13-10-/t29?,34-,35-,43+,44+/m0/s1. The van der Waals surface area contributed by atoms with Crippen LogP contribution >= 0.6 is 0 Å². The molecule has 4 amide bonds. The van der Waals surface area contributed by atoms with Crippen molar-refractivity contribution < 1.29 is 46.5 Å². The molecule has 1 aromatic heterocycles. The number of fused-ring (bicyclic) bond motifs is 5. The summed E-state index contributed by atoms with van der Waals surface area (Å²) in [6.07, 6.45) is 9.30. The normalized spacial score (nSPS) is 28.2. The maximum Gasteiger partial charge on any atom is 0.407 e. The Bertz CT molecular complexity index is 2150. The second-order valence-electron chi connectivity index (χ2n) is 18.9. The second kappa shape index (κ2) is 16.8. The van der Waals surface area contributed by atoms with E-state index in [1.807, 2.05) is 58.0 Å². The van der Waals surface area contributed by atoms with Crippen molar-refractivity contribution in [3.63, 3.8) is 0 Å². The maximum atomic E-state index is 14.9. The van der Waals surface area contributed by atoms with Crippen molar-refractivity contribution >= 4 is 44.7 Å². The van der Waals surface area contributed by atoms with Crippen LogP contribution < -0.4 is 24.8 Å². The average Bonchev–Trinajstić information content (AvgIpc) is 4.09. The maximum absolute atomic E-state index is 14.9. The van der Waals surface area contributed by atoms with Crippen LogP contribution in [0.4, 0.5) is 4.79 Å². The van der Waals surface area contributed by atoms with Crippen molar-refractivity contribution in [3.05, 3.63) is 41.6 Å². The number of alkyl carbamates (subject to hydrolysis) is 1. The van der Waals surface area contributed by atoms with Gasteiger partial charge in [-0.25, -0.2) is 18.2 Å². The molecule has 16 heteroatoms. The number of allylic oxidation sites excluding steroid dienone is 1. The molecule has 2 saturated carbocycles. The molecule has 0 radical (unpaired) electrons. The quantitative estimate of drug-likeness (QED) is 0.212. The van der Waals surface area contributed by atoms with Gasteiger partial charge in [-0.3, -0.25) is 19.1 Å². The first-order chi connectivity index (χ1) is 28.4. The van der Waals surface area contributed by atoms with E-state index in [-0.39, 0.29) is 31.4 Å². The summed E-state index contributed by atoms with van der Waals surface area (Å²) in [5.41, 5.74) is -0.408. The molecule has 60 heavy (non-hydrogen) atoms. The van der Waals surface area contributed by atoms with Gasteiger partial charge in [0.2, 0.25) is 21.8 Å². The van der Waals surface area contributed by atoms with Crippen molar-refractivity contribution in [1.82, 2.24) is 25.2 Å². The van der Waals surface area contributed by atoms with Crippen LogP contribution in [0.25, 0.3) is 10.9 Å². The number of sulfonamides is 1. The number of benzene rings is 1. The zero-order valence-electron chi connectivity index (χ0n) is 35.8. The number of hydrogen-bond donors (Lipinski definition) is 3. The first kappa shape index (κ1) is 43.6. The van der Waals surface area contributed by atoms with Crippen molar-refractivity contribution in [2.45, 2.75) is 140 Å². The molecule has 3 N–H and O–H groups in total. The van der Waals surface area contributed by atoms with Crippen LogP contribution in [-0.2, 0) is 40.3 Å². The number of pyridine rings is 1. The molecule has 3 fully saturated rings. The minimum absolute atomic E-state index is 0.0357. The Morgan fingerprint density at radius 3 is 2.60 bits per heavy atom. The molecule has 2 aliphatic carbocycles. The molecule has 328 valence electrons. The average molecular weight is 852 g/mol. The number of nitrogens with one attached hydrogen (secondary N) is 3. The predicted molar refractivity (Wildman–Crippen MR) is 224 cm³/mol. The summed E-state index contributed by atoms with van der Waals surface area (Å²) in [6, 6.07) is 3.69. The van der Waals surface area contributed by atoms with Gasteiger partial charge < -0.3 is 34.5 Å². The SMILES string of the molecule is COCCCOc1ccc2nc(C)c3c(c2c1)CC[C@]1(C[C@H]2C(=O)N[C@]4(C(=O)NS(=O)(=O)C5(C)CC5)CC4/C=C\CCCCC[C@H](NC(=O)OCC(C)(C)C)C(=O)N2C1)O3. The fourth-order valence-corrected chi connectivity index (χ4v) is 9.93. The van der Waals surface area contributed by atoms with Crippen molar-refractivity contribution in [2.24, 2.45) is 11.3 Å². The number of carbonyl (C=O) groups is 4. The van der Waals surface area contributed by atoms with E-state index in [0.29, 0.717) is 75.4 Å². The second-order valence-corrected chi connectivity index (χ2v) is 21.1. The summed E-state index contributed by atoms with van der Waals surface area (Å²) < 4.78 is 51.5. The number of hydrogen-bond acceptors (Lipinski definition) is 11. The Morgan fingerprint density at radius 1 is 1.08 bits per heavy atom. The fourth-order valence-electron chi connectivity index (χ4n) is 8.62. The van der Waals surface area contributed by atoms with Gasteiger partial charge in [0.15, 0.2) is 0 Å². The Morgan fingerprint density at radius 2 is 1.87 bits per heavy atom. The minimum Gasteiger partial charge on any atom is -0.493 e. The van der Waals surface area contributed by atoms with Crippen LogP contribution in [-0.4, -0.2) is 104 Å². The lowest BCUT2D eigenvalue weighted by Crippen LogP contribution is -2.58. The summed E-state index contributed by atoms with van der Waals surface area (Å²) in [6.45, 7) is 10.6. The summed E-state index contributed by atoms with van der Waals surface area (Å²) >= 11 is 0. The first-order valence-electron chi connectivity index (χ1n) is 21.4. The fraction of sp³-hybridized carbons (Fsp3) is 0.659. The Balaban J connectivity index is 1.21. The van der Waals surface area contributed by atoms with Crippen LogP contribution in [0, 0.1) is 18.3 Å². The van der Waals surface area contributed by atoms with Gasteiger partial charge in [-0.1, -0.05) is 45.8 Å². The Hall–Kier alpha value is -4.44. The van der Waals surface area contributed by atoms with E-state index in [0.717, 1.165) is 35.7 Å². The number of aryl methyl sites for hydroxylation is 2. The van der Waals surface area contributed by atoms with E-state index in [9.17, 15) is 27.6 Å². The molecule has 1 spiro atoms. The predicted octanol–water partition coefficient (Wildman–Crippen LogP) is 5.16. The molecule has 7 rings (SSSR count). The zero-order chi connectivity index (χ0) is 43.1. The van der Waals surface area contributed by atoms with Crippen LogP contribution in [0.1, 0.15) is 110 Å². The van der Waals surface area contributed by atoms with Gasteiger partial charge in [-0.15, -0.1) is 0 Å². The number of nitrogens with zero attached hydrogens (tertiary/aromatic N) is 2. The lowest BCUT2D eigenvalue weighted by molar-refractivity contribution is -0.141. The summed E-state index contributed by atoms with van der Waals surface area (Å²) in [7, 11) is -2.35. The van der Waals surface area contributed by atoms with Crippen LogP contribution in [0.2, 0.25) is 0 Å². The molecular weight excluding hydrogens is 791 g/mol. The summed E-state index contributed by atoms with van der Waals surface area (Å²) in [4.78, 5) is 63.2. The summed E-state index contributed by atoms with van der Waals surface area (Å²) in [5, 5.41) is 6.67. The van der Waals surface area contributed by atoms with E-state index >= 15 is 0 Å². The molecule has 5 atom stereocenters. The molecular formula is C44H61N5O10S. The molecule has 1 unspecified atom stereocenters. The van der Waals surface area contributed by atoms with Gasteiger partial charge in [-0.05, 0) is 88.8 Å². The van der Waals surface area contributed by atoms with E-state index in [1.54, 1.807) is 14.0 Å². The van der Waals surface area contributed by atoms with Crippen LogP contribution in [0.5, 0.6) is 11.5 Å².